The molecule has 0 aliphatic carbocycles. The van der Waals surface area contributed by atoms with E-state index in [1.54, 1.807) is 0 Å². The largest absolute Gasteiger partial charge is 0.337 e. The van der Waals surface area contributed by atoms with E-state index in [0.717, 1.165) is 25.6 Å². The molecule has 3 aliphatic rings. The summed E-state index contributed by atoms with van der Waals surface area (Å²) in [5.74, 6) is 0.783. The number of nitrogens with zero attached hydrogens (tertiary/aromatic N) is 5. The Morgan fingerprint density at radius 1 is 1.13 bits per heavy atom. The molecule has 0 N–H and O–H groups in total. The van der Waals surface area contributed by atoms with E-state index in [9.17, 15) is 0 Å². The van der Waals surface area contributed by atoms with Crippen LogP contribution in [0.4, 0.5) is 0 Å². The molecule has 2 atom stereocenters. The molecule has 0 spiro atoms. The van der Waals surface area contributed by atoms with Crippen LogP contribution in [0.3, 0.4) is 0 Å². The maximum Gasteiger partial charge on any atom is 0.0945 e. The molecule has 3 fully saturated rings. The topological polar surface area (TPSA) is 37.2 Å². The number of hydrogen-bond donors (Lipinski definition) is 0. The quantitative estimate of drug-likeness (QED) is 0.864. The van der Waals surface area contributed by atoms with Gasteiger partial charge < -0.3 is 4.57 Å². The lowest BCUT2D eigenvalue weighted by Gasteiger charge is -2.35. The molecule has 5 rings (SSSR count). The SMILES string of the molecule is Cn1cncc1CN1C[C@H]2CC[C@@H](C1)N(Cc1ccccn1)C2. The van der Waals surface area contributed by atoms with Gasteiger partial charge in [0, 0.05) is 58.2 Å². The van der Waals surface area contributed by atoms with Crippen molar-refractivity contribution in [1.29, 1.82) is 0 Å². The number of aromatic nitrogens is 3. The molecule has 23 heavy (non-hydrogen) atoms. The van der Waals surface area contributed by atoms with Crippen LogP contribution in [0.25, 0.3) is 0 Å². The van der Waals surface area contributed by atoms with Crippen LogP contribution in [0.15, 0.2) is 36.9 Å². The van der Waals surface area contributed by atoms with Gasteiger partial charge in [-0.05, 0) is 30.9 Å². The van der Waals surface area contributed by atoms with E-state index in [0.29, 0.717) is 6.04 Å². The monoisotopic (exact) mass is 311 g/mol. The molecule has 5 nitrogen and oxygen atoms in total. The Morgan fingerprint density at radius 2 is 2.09 bits per heavy atom. The van der Waals surface area contributed by atoms with Crippen molar-refractivity contribution in [3.8, 4) is 0 Å². The Kier molecular flexibility index (Phi) is 4.14. The summed E-state index contributed by atoms with van der Waals surface area (Å²) in [6.07, 6.45) is 8.48. The molecule has 0 saturated carbocycles. The Bertz CT molecular complexity index is 638. The van der Waals surface area contributed by atoms with Gasteiger partial charge >= 0.3 is 0 Å². The van der Waals surface area contributed by atoms with Crippen molar-refractivity contribution >= 4 is 0 Å². The fraction of sp³-hybridized carbons (Fsp3) is 0.556. The average molecular weight is 311 g/mol. The summed E-state index contributed by atoms with van der Waals surface area (Å²) in [5, 5.41) is 0. The smallest absolute Gasteiger partial charge is 0.0945 e. The third-order valence-corrected chi connectivity index (χ3v) is 5.30. The number of pyridine rings is 1. The Morgan fingerprint density at radius 3 is 2.87 bits per heavy atom. The first kappa shape index (κ1) is 14.8. The van der Waals surface area contributed by atoms with Crippen LogP contribution < -0.4 is 0 Å². The lowest BCUT2D eigenvalue weighted by molar-refractivity contribution is 0.121. The molecule has 0 unspecified atom stereocenters. The highest BCUT2D eigenvalue weighted by Crippen LogP contribution is 2.29. The third-order valence-electron chi connectivity index (χ3n) is 5.30. The molecule has 122 valence electrons. The molecule has 0 radical (unpaired) electrons. The number of hydrogen-bond acceptors (Lipinski definition) is 4. The van der Waals surface area contributed by atoms with Crippen molar-refractivity contribution in [3.05, 3.63) is 48.3 Å². The summed E-state index contributed by atoms with van der Waals surface area (Å²) in [5.41, 5.74) is 2.50. The van der Waals surface area contributed by atoms with Crippen molar-refractivity contribution in [2.75, 3.05) is 19.6 Å². The van der Waals surface area contributed by atoms with E-state index < -0.39 is 0 Å². The Balaban J connectivity index is 1.45. The molecule has 2 bridgehead atoms. The van der Waals surface area contributed by atoms with E-state index in [1.165, 1.54) is 37.3 Å². The van der Waals surface area contributed by atoms with Gasteiger partial charge in [0.2, 0.25) is 0 Å². The van der Waals surface area contributed by atoms with E-state index >= 15 is 0 Å². The zero-order chi connectivity index (χ0) is 15.6. The van der Waals surface area contributed by atoms with Crippen LogP contribution in [0.5, 0.6) is 0 Å². The molecular formula is C18H25N5. The summed E-state index contributed by atoms with van der Waals surface area (Å²) in [7, 11) is 2.09. The second-order valence-corrected chi connectivity index (χ2v) is 7.04. The predicted molar refractivity (Wildman–Crippen MR) is 89.6 cm³/mol. The van der Waals surface area contributed by atoms with Crippen LogP contribution in [-0.4, -0.2) is 50.0 Å². The second-order valence-electron chi connectivity index (χ2n) is 7.04. The molecule has 2 aromatic heterocycles. The lowest BCUT2D eigenvalue weighted by Crippen LogP contribution is -2.43. The van der Waals surface area contributed by atoms with Crippen molar-refractivity contribution < 1.29 is 0 Å². The maximum atomic E-state index is 4.51. The Hall–Kier alpha value is -1.72. The zero-order valence-corrected chi connectivity index (χ0v) is 13.8. The van der Waals surface area contributed by atoms with Crippen molar-refractivity contribution in [3.63, 3.8) is 0 Å². The van der Waals surface area contributed by atoms with Crippen LogP contribution in [-0.2, 0) is 20.1 Å². The number of rotatable bonds is 4. The van der Waals surface area contributed by atoms with Gasteiger partial charge in [0.15, 0.2) is 0 Å². The van der Waals surface area contributed by atoms with Crippen LogP contribution in [0, 0.1) is 5.92 Å². The highest BCUT2D eigenvalue weighted by atomic mass is 15.3. The zero-order valence-electron chi connectivity index (χ0n) is 13.8. The van der Waals surface area contributed by atoms with Crippen LogP contribution in [0.2, 0.25) is 0 Å². The first-order valence-corrected chi connectivity index (χ1v) is 8.59. The number of aryl methyl sites for hydroxylation is 1. The minimum atomic E-state index is 0.656. The van der Waals surface area contributed by atoms with Crippen molar-refractivity contribution in [2.45, 2.75) is 32.0 Å². The number of imidazole rings is 1. The van der Waals surface area contributed by atoms with Crippen LogP contribution >= 0.6 is 0 Å². The third kappa shape index (κ3) is 3.31. The lowest BCUT2D eigenvalue weighted by atomic mass is 9.95. The maximum absolute atomic E-state index is 4.51. The van der Waals surface area contributed by atoms with Gasteiger partial charge in [-0.3, -0.25) is 14.8 Å². The van der Waals surface area contributed by atoms with Gasteiger partial charge in [-0.25, -0.2) is 4.98 Å². The first-order valence-electron chi connectivity index (χ1n) is 8.59. The number of piperidine rings is 1. The molecule has 2 aromatic rings. The minimum Gasteiger partial charge on any atom is -0.337 e. The van der Waals surface area contributed by atoms with Gasteiger partial charge in [-0.15, -0.1) is 0 Å². The highest BCUT2D eigenvalue weighted by Gasteiger charge is 2.34. The molecule has 5 heteroatoms. The fourth-order valence-corrected chi connectivity index (χ4v) is 4.06. The summed E-state index contributed by atoms with van der Waals surface area (Å²) >= 11 is 0. The predicted octanol–water partition coefficient (Wildman–Crippen LogP) is 1.91. The average Bonchev–Trinajstić information content (AvgIpc) is 2.78. The van der Waals surface area contributed by atoms with Crippen LogP contribution in [0.1, 0.15) is 24.2 Å². The normalized spacial score (nSPS) is 25.6. The first-order chi connectivity index (χ1) is 11.3. The van der Waals surface area contributed by atoms with E-state index in [4.69, 9.17) is 0 Å². The molecular weight excluding hydrogens is 286 g/mol. The van der Waals surface area contributed by atoms with Crippen molar-refractivity contribution in [1.82, 2.24) is 24.3 Å². The molecule has 3 saturated heterocycles. The van der Waals surface area contributed by atoms with Gasteiger partial charge in [-0.2, -0.15) is 0 Å². The number of fused-ring (bicyclic) bond motifs is 4. The van der Waals surface area contributed by atoms with Gasteiger partial charge in [0.05, 0.1) is 17.7 Å². The summed E-state index contributed by atoms with van der Waals surface area (Å²) in [6.45, 7) is 5.58. The fourth-order valence-electron chi connectivity index (χ4n) is 4.06. The highest BCUT2D eigenvalue weighted by molar-refractivity contribution is 5.05. The van der Waals surface area contributed by atoms with Gasteiger partial charge in [0.1, 0.15) is 0 Å². The van der Waals surface area contributed by atoms with Gasteiger partial charge in [0.25, 0.3) is 0 Å². The van der Waals surface area contributed by atoms with Gasteiger partial charge in [-0.1, -0.05) is 6.07 Å². The standard InChI is InChI=1S/C18H25N5/c1-21-14-19-8-18(21)13-22-9-15-5-6-17(12-22)23(10-15)11-16-4-2-3-7-20-16/h2-4,7-8,14-15,17H,5-6,9-13H2,1H3/t15-,17+/m1/s1. The summed E-state index contributed by atoms with van der Waals surface area (Å²) < 4.78 is 2.14. The summed E-state index contributed by atoms with van der Waals surface area (Å²) in [6, 6.07) is 6.89. The molecule has 5 heterocycles. The molecule has 0 amide bonds. The van der Waals surface area contributed by atoms with E-state index in [1.807, 2.05) is 24.8 Å². The second kappa shape index (κ2) is 6.42. The molecule has 0 aromatic carbocycles. The molecule has 3 aliphatic heterocycles. The van der Waals surface area contributed by atoms with Crippen molar-refractivity contribution in [2.24, 2.45) is 13.0 Å². The summed E-state index contributed by atoms with van der Waals surface area (Å²) in [4.78, 5) is 14.0. The van der Waals surface area contributed by atoms with E-state index in [-0.39, 0.29) is 0 Å². The van der Waals surface area contributed by atoms with E-state index in [2.05, 4.69) is 43.5 Å². The Labute approximate surface area is 138 Å². The minimum absolute atomic E-state index is 0.656.